The molecule has 0 fully saturated rings. The molecule has 0 saturated heterocycles. The van der Waals surface area contributed by atoms with E-state index in [-0.39, 0.29) is 5.91 Å². The molecule has 0 heterocycles. The number of nitrogen functional groups attached to an aromatic ring is 1. The Morgan fingerprint density at radius 2 is 1.84 bits per heavy atom. The van der Waals surface area contributed by atoms with Gasteiger partial charge >= 0.3 is 0 Å². The van der Waals surface area contributed by atoms with Crippen LogP contribution in [-0.4, -0.2) is 12.5 Å². The average Bonchev–Trinajstić information content (AvgIpc) is 2.42. The van der Waals surface area contributed by atoms with Crippen LogP contribution in [0, 0.1) is 0 Å². The standard InChI is InChI=1S/C15H16N2O2/c1-2-19-14-6-4-3-5-13(14)15(18)17-12-9-7-11(16)8-10-12/h3-10H,2,16H2,1H3,(H,17,18). The van der Waals surface area contributed by atoms with Gasteiger partial charge in [0.1, 0.15) is 5.75 Å². The molecule has 1 amide bonds. The molecule has 0 saturated carbocycles. The fourth-order valence-corrected chi connectivity index (χ4v) is 1.70. The van der Waals surface area contributed by atoms with Gasteiger partial charge in [-0.15, -0.1) is 0 Å². The van der Waals surface area contributed by atoms with E-state index in [0.29, 0.717) is 29.3 Å². The first-order chi connectivity index (χ1) is 9.20. The molecule has 0 bridgehead atoms. The van der Waals surface area contributed by atoms with Gasteiger partial charge in [0, 0.05) is 11.4 Å². The Hall–Kier alpha value is -2.49. The Bertz CT molecular complexity index is 565. The molecule has 2 aromatic rings. The van der Waals surface area contributed by atoms with Crippen LogP contribution in [-0.2, 0) is 0 Å². The van der Waals surface area contributed by atoms with Gasteiger partial charge in [-0.3, -0.25) is 4.79 Å². The second kappa shape index (κ2) is 5.91. The van der Waals surface area contributed by atoms with Crippen molar-refractivity contribution in [1.82, 2.24) is 0 Å². The second-order valence-electron chi connectivity index (χ2n) is 4.01. The highest BCUT2D eigenvalue weighted by Crippen LogP contribution is 2.20. The number of ether oxygens (including phenoxy) is 1. The Labute approximate surface area is 112 Å². The molecule has 0 aliphatic carbocycles. The highest BCUT2D eigenvalue weighted by Gasteiger charge is 2.11. The lowest BCUT2D eigenvalue weighted by atomic mass is 10.2. The normalized spacial score (nSPS) is 9.95. The number of benzene rings is 2. The molecule has 98 valence electrons. The molecule has 0 radical (unpaired) electrons. The molecule has 4 heteroatoms. The molecule has 19 heavy (non-hydrogen) atoms. The van der Waals surface area contributed by atoms with Crippen LogP contribution in [0.3, 0.4) is 0 Å². The van der Waals surface area contributed by atoms with Crippen molar-refractivity contribution in [1.29, 1.82) is 0 Å². The molecule has 2 rings (SSSR count). The van der Waals surface area contributed by atoms with Crippen molar-refractivity contribution in [3.8, 4) is 5.75 Å². The number of carbonyl (C=O) groups is 1. The van der Waals surface area contributed by atoms with Gasteiger partial charge in [-0.05, 0) is 43.3 Å². The summed E-state index contributed by atoms with van der Waals surface area (Å²) in [7, 11) is 0. The summed E-state index contributed by atoms with van der Waals surface area (Å²) < 4.78 is 5.43. The first-order valence-electron chi connectivity index (χ1n) is 6.09. The Kier molecular flexibility index (Phi) is 4.03. The number of amides is 1. The van der Waals surface area contributed by atoms with E-state index >= 15 is 0 Å². The average molecular weight is 256 g/mol. The van der Waals surface area contributed by atoms with E-state index in [9.17, 15) is 4.79 Å². The predicted octanol–water partition coefficient (Wildman–Crippen LogP) is 2.92. The third kappa shape index (κ3) is 3.25. The molecular weight excluding hydrogens is 240 g/mol. The molecule has 4 nitrogen and oxygen atoms in total. The largest absolute Gasteiger partial charge is 0.493 e. The van der Waals surface area contributed by atoms with E-state index in [1.165, 1.54) is 0 Å². The van der Waals surface area contributed by atoms with Gasteiger partial charge in [-0.25, -0.2) is 0 Å². The number of hydrogen-bond acceptors (Lipinski definition) is 3. The molecule has 0 atom stereocenters. The maximum Gasteiger partial charge on any atom is 0.259 e. The minimum atomic E-state index is -0.200. The fourth-order valence-electron chi connectivity index (χ4n) is 1.70. The van der Waals surface area contributed by atoms with Crippen molar-refractivity contribution in [3.05, 3.63) is 54.1 Å². The van der Waals surface area contributed by atoms with Crippen LogP contribution in [0.25, 0.3) is 0 Å². The van der Waals surface area contributed by atoms with Gasteiger partial charge in [0.15, 0.2) is 0 Å². The topological polar surface area (TPSA) is 64.3 Å². The van der Waals surface area contributed by atoms with Gasteiger partial charge in [0.05, 0.1) is 12.2 Å². The molecule has 0 aromatic heterocycles. The monoisotopic (exact) mass is 256 g/mol. The molecule has 3 N–H and O–H groups in total. The molecule has 0 aliphatic heterocycles. The summed E-state index contributed by atoms with van der Waals surface area (Å²) in [4.78, 5) is 12.2. The van der Waals surface area contributed by atoms with Crippen molar-refractivity contribution in [2.75, 3.05) is 17.7 Å². The predicted molar refractivity (Wildman–Crippen MR) is 76.4 cm³/mol. The van der Waals surface area contributed by atoms with E-state index in [2.05, 4.69) is 5.32 Å². The van der Waals surface area contributed by atoms with Crippen molar-refractivity contribution in [2.24, 2.45) is 0 Å². The summed E-state index contributed by atoms with van der Waals surface area (Å²) in [6, 6.07) is 14.2. The summed E-state index contributed by atoms with van der Waals surface area (Å²) in [5, 5.41) is 2.81. The van der Waals surface area contributed by atoms with Crippen molar-refractivity contribution < 1.29 is 9.53 Å². The fraction of sp³-hybridized carbons (Fsp3) is 0.133. The zero-order chi connectivity index (χ0) is 13.7. The van der Waals surface area contributed by atoms with E-state index in [1.807, 2.05) is 13.0 Å². The third-order valence-electron chi connectivity index (χ3n) is 2.60. The molecule has 0 spiro atoms. The Balaban J connectivity index is 2.18. The quantitative estimate of drug-likeness (QED) is 0.827. The van der Waals surface area contributed by atoms with Crippen LogP contribution in [0.2, 0.25) is 0 Å². The number of para-hydroxylation sites is 1. The lowest BCUT2D eigenvalue weighted by Gasteiger charge is -2.10. The number of nitrogens with two attached hydrogens (primary N) is 1. The van der Waals surface area contributed by atoms with Crippen molar-refractivity contribution in [3.63, 3.8) is 0 Å². The smallest absolute Gasteiger partial charge is 0.259 e. The first kappa shape index (κ1) is 13.0. The SMILES string of the molecule is CCOc1ccccc1C(=O)Nc1ccc(N)cc1. The lowest BCUT2D eigenvalue weighted by molar-refractivity contribution is 0.102. The minimum Gasteiger partial charge on any atom is -0.493 e. The first-order valence-corrected chi connectivity index (χ1v) is 6.09. The van der Waals surface area contributed by atoms with Crippen molar-refractivity contribution in [2.45, 2.75) is 6.92 Å². The zero-order valence-electron chi connectivity index (χ0n) is 10.7. The van der Waals surface area contributed by atoms with E-state index < -0.39 is 0 Å². The lowest BCUT2D eigenvalue weighted by Crippen LogP contribution is -2.13. The Morgan fingerprint density at radius 3 is 2.53 bits per heavy atom. The highest BCUT2D eigenvalue weighted by atomic mass is 16.5. The minimum absolute atomic E-state index is 0.200. The summed E-state index contributed by atoms with van der Waals surface area (Å²) in [5.74, 6) is 0.381. The summed E-state index contributed by atoms with van der Waals surface area (Å²) >= 11 is 0. The summed E-state index contributed by atoms with van der Waals surface area (Å²) in [6.45, 7) is 2.40. The third-order valence-corrected chi connectivity index (χ3v) is 2.60. The van der Waals surface area contributed by atoms with Gasteiger partial charge in [0.25, 0.3) is 5.91 Å². The maximum absolute atomic E-state index is 12.2. The van der Waals surface area contributed by atoms with E-state index in [1.54, 1.807) is 42.5 Å². The summed E-state index contributed by atoms with van der Waals surface area (Å²) in [5.41, 5.74) is 7.47. The summed E-state index contributed by atoms with van der Waals surface area (Å²) in [6.07, 6.45) is 0. The highest BCUT2D eigenvalue weighted by molar-refractivity contribution is 6.06. The number of anilines is 2. The zero-order valence-corrected chi connectivity index (χ0v) is 10.7. The van der Waals surface area contributed by atoms with Crippen LogP contribution < -0.4 is 15.8 Å². The van der Waals surface area contributed by atoms with Gasteiger partial charge in [-0.2, -0.15) is 0 Å². The van der Waals surface area contributed by atoms with Crippen molar-refractivity contribution >= 4 is 17.3 Å². The maximum atomic E-state index is 12.2. The van der Waals surface area contributed by atoms with Crippen LogP contribution >= 0.6 is 0 Å². The number of rotatable bonds is 4. The van der Waals surface area contributed by atoms with E-state index in [4.69, 9.17) is 10.5 Å². The molecule has 2 aromatic carbocycles. The number of carbonyl (C=O) groups excluding carboxylic acids is 1. The van der Waals surface area contributed by atoms with Gasteiger partial charge in [0.2, 0.25) is 0 Å². The van der Waals surface area contributed by atoms with Crippen LogP contribution in [0.5, 0.6) is 5.75 Å². The van der Waals surface area contributed by atoms with E-state index in [0.717, 1.165) is 0 Å². The van der Waals surface area contributed by atoms with Crippen LogP contribution in [0.15, 0.2) is 48.5 Å². The number of hydrogen-bond donors (Lipinski definition) is 2. The van der Waals surface area contributed by atoms with Crippen LogP contribution in [0.1, 0.15) is 17.3 Å². The Morgan fingerprint density at radius 1 is 1.16 bits per heavy atom. The number of nitrogens with one attached hydrogen (secondary N) is 1. The second-order valence-corrected chi connectivity index (χ2v) is 4.01. The van der Waals surface area contributed by atoms with Crippen LogP contribution in [0.4, 0.5) is 11.4 Å². The molecular formula is C15H16N2O2. The molecule has 0 aliphatic rings. The van der Waals surface area contributed by atoms with Gasteiger partial charge < -0.3 is 15.8 Å². The molecule has 0 unspecified atom stereocenters. The van der Waals surface area contributed by atoms with Gasteiger partial charge in [-0.1, -0.05) is 12.1 Å².